The summed E-state index contributed by atoms with van der Waals surface area (Å²) >= 11 is 0. The SMILES string of the molecule is C#CC(C)Nc1c(N)n(CC(C)C)c(=O)n(C)c1=O. The maximum Gasteiger partial charge on any atom is 0.332 e. The zero-order chi connectivity index (χ0) is 14.7. The van der Waals surface area contributed by atoms with Gasteiger partial charge in [-0.3, -0.25) is 13.9 Å². The number of nitrogens with zero attached hydrogens (tertiary/aromatic N) is 2. The summed E-state index contributed by atoms with van der Waals surface area (Å²) in [5.41, 5.74) is 5.21. The van der Waals surface area contributed by atoms with Crippen molar-refractivity contribution < 1.29 is 0 Å². The number of nitrogens with one attached hydrogen (secondary N) is 1. The molecule has 3 N–H and O–H groups in total. The molecule has 0 radical (unpaired) electrons. The summed E-state index contributed by atoms with van der Waals surface area (Å²) in [5, 5.41) is 2.86. The van der Waals surface area contributed by atoms with Crippen LogP contribution >= 0.6 is 0 Å². The lowest BCUT2D eigenvalue weighted by molar-refractivity contribution is 0.494. The third kappa shape index (κ3) is 2.99. The van der Waals surface area contributed by atoms with E-state index < -0.39 is 11.2 Å². The Balaban J connectivity index is 3.48. The molecule has 0 amide bonds. The van der Waals surface area contributed by atoms with E-state index in [2.05, 4.69) is 11.2 Å². The molecule has 0 saturated carbocycles. The van der Waals surface area contributed by atoms with Crippen LogP contribution in [0.5, 0.6) is 0 Å². The van der Waals surface area contributed by atoms with E-state index in [0.29, 0.717) is 6.54 Å². The molecule has 6 nitrogen and oxygen atoms in total. The van der Waals surface area contributed by atoms with Crippen molar-refractivity contribution >= 4 is 11.5 Å². The van der Waals surface area contributed by atoms with Crippen molar-refractivity contribution in [2.24, 2.45) is 13.0 Å². The molecule has 1 unspecified atom stereocenters. The summed E-state index contributed by atoms with van der Waals surface area (Å²) in [7, 11) is 1.42. The van der Waals surface area contributed by atoms with Gasteiger partial charge >= 0.3 is 5.69 Å². The third-order valence-electron chi connectivity index (χ3n) is 2.74. The fraction of sp³-hybridized carbons (Fsp3) is 0.538. The van der Waals surface area contributed by atoms with Crippen LogP contribution in [0, 0.1) is 18.3 Å². The Morgan fingerprint density at radius 3 is 2.42 bits per heavy atom. The fourth-order valence-electron chi connectivity index (χ4n) is 1.72. The molecule has 1 aromatic heterocycles. The van der Waals surface area contributed by atoms with Crippen LogP contribution in [-0.2, 0) is 13.6 Å². The van der Waals surface area contributed by atoms with Crippen LogP contribution in [0.4, 0.5) is 11.5 Å². The summed E-state index contributed by atoms with van der Waals surface area (Å²) in [6, 6.07) is -0.347. The Hall–Kier alpha value is -2.16. The van der Waals surface area contributed by atoms with Gasteiger partial charge in [-0.05, 0) is 12.8 Å². The topological polar surface area (TPSA) is 82.0 Å². The van der Waals surface area contributed by atoms with Crippen LogP contribution in [-0.4, -0.2) is 15.2 Å². The molecular formula is C13H20N4O2. The van der Waals surface area contributed by atoms with Crippen molar-refractivity contribution in [1.29, 1.82) is 0 Å². The lowest BCUT2D eigenvalue weighted by atomic mass is 10.2. The molecule has 0 fully saturated rings. The Kier molecular flexibility index (Phi) is 4.43. The van der Waals surface area contributed by atoms with Crippen LogP contribution in [0.15, 0.2) is 9.59 Å². The van der Waals surface area contributed by atoms with E-state index in [1.54, 1.807) is 6.92 Å². The lowest BCUT2D eigenvalue weighted by Crippen LogP contribution is -2.42. The number of aromatic nitrogens is 2. The highest BCUT2D eigenvalue weighted by Gasteiger charge is 2.16. The summed E-state index contributed by atoms with van der Waals surface area (Å²) in [6.45, 7) is 6.11. The van der Waals surface area contributed by atoms with Gasteiger partial charge in [0, 0.05) is 13.6 Å². The van der Waals surface area contributed by atoms with Gasteiger partial charge in [0.15, 0.2) is 0 Å². The number of nitrogens with two attached hydrogens (primary N) is 1. The van der Waals surface area contributed by atoms with E-state index in [-0.39, 0.29) is 23.5 Å². The van der Waals surface area contributed by atoms with Crippen molar-refractivity contribution in [1.82, 2.24) is 9.13 Å². The van der Waals surface area contributed by atoms with E-state index in [9.17, 15) is 9.59 Å². The van der Waals surface area contributed by atoms with Crippen molar-refractivity contribution in [2.75, 3.05) is 11.1 Å². The minimum atomic E-state index is -0.468. The van der Waals surface area contributed by atoms with Crippen LogP contribution in [0.25, 0.3) is 0 Å². The molecule has 1 aromatic rings. The minimum Gasteiger partial charge on any atom is -0.383 e. The molecule has 19 heavy (non-hydrogen) atoms. The van der Waals surface area contributed by atoms with E-state index in [4.69, 9.17) is 12.2 Å². The molecular weight excluding hydrogens is 244 g/mol. The maximum absolute atomic E-state index is 12.0. The van der Waals surface area contributed by atoms with E-state index in [0.717, 1.165) is 4.57 Å². The molecule has 104 valence electrons. The first-order valence-electron chi connectivity index (χ1n) is 6.11. The van der Waals surface area contributed by atoms with Gasteiger partial charge < -0.3 is 11.1 Å². The number of rotatable bonds is 4. The Morgan fingerprint density at radius 2 is 1.95 bits per heavy atom. The van der Waals surface area contributed by atoms with Crippen LogP contribution in [0.1, 0.15) is 20.8 Å². The zero-order valence-electron chi connectivity index (χ0n) is 11.7. The van der Waals surface area contributed by atoms with Crippen molar-refractivity contribution in [3.8, 4) is 12.3 Å². The number of terminal acetylenes is 1. The number of anilines is 2. The van der Waals surface area contributed by atoms with Crippen LogP contribution in [0.3, 0.4) is 0 Å². The maximum atomic E-state index is 12.0. The molecule has 1 heterocycles. The second kappa shape index (κ2) is 5.65. The molecule has 0 bridgehead atoms. The highest BCUT2D eigenvalue weighted by atomic mass is 16.2. The highest BCUT2D eigenvalue weighted by molar-refractivity contribution is 5.61. The van der Waals surface area contributed by atoms with Crippen LogP contribution in [0.2, 0.25) is 0 Å². The normalized spacial score (nSPS) is 12.2. The van der Waals surface area contributed by atoms with Crippen molar-refractivity contribution in [2.45, 2.75) is 33.4 Å². The largest absolute Gasteiger partial charge is 0.383 e. The van der Waals surface area contributed by atoms with Crippen molar-refractivity contribution in [3.63, 3.8) is 0 Å². The number of hydrogen-bond donors (Lipinski definition) is 2. The fourth-order valence-corrected chi connectivity index (χ4v) is 1.72. The van der Waals surface area contributed by atoms with Gasteiger partial charge in [0.1, 0.15) is 11.5 Å². The second-order valence-electron chi connectivity index (χ2n) is 4.94. The molecule has 1 atom stereocenters. The third-order valence-corrected chi connectivity index (χ3v) is 2.74. The molecule has 0 aliphatic rings. The summed E-state index contributed by atoms with van der Waals surface area (Å²) < 4.78 is 2.42. The first kappa shape index (κ1) is 14.9. The molecule has 0 spiro atoms. The zero-order valence-corrected chi connectivity index (χ0v) is 11.7. The molecule has 6 heteroatoms. The first-order chi connectivity index (χ1) is 8.79. The van der Waals surface area contributed by atoms with E-state index in [1.807, 2.05) is 13.8 Å². The molecule has 0 aliphatic carbocycles. The van der Waals surface area contributed by atoms with Gasteiger partial charge in [0.25, 0.3) is 5.56 Å². The predicted octanol–water partition coefficient (Wildman–Crippen LogP) is 0.219. The summed E-state index contributed by atoms with van der Waals surface area (Å²) in [4.78, 5) is 24.1. The quantitative estimate of drug-likeness (QED) is 0.762. The Bertz CT molecular complexity index is 619. The highest BCUT2D eigenvalue weighted by Crippen LogP contribution is 2.13. The average molecular weight is 264 g/mol. The van der Waals surface area contributed by atoms with Gasteiger partial charge in [0.2, 0.25) is 0 Å². The standard InChI is InChI=1S/C13H20N4O2/c1-6-9(4)15-10-11(14)17(7-8(2)3)13(19)16(5)12(10)18/h1,8-9,15H,7,14H2,2-5H3. The van der Waals surface area contributed by atoms with Gasteiger partial charge in [-0.1, -0.05) is 19.8 Å². The van der Waals surface area contributed by atoms with Gasteiger partial charge in [-0.15, -0.1) is 6.42 Å². The molecule has 0 aromatic carbocycles. The summed E-state index contributed by atoms with van der Waals surface area (Å²) in [5.74, 6) is 2.82. The average Bonchev–Trinajstić information content (AvgIpc) is 2.36. The lowest BCUT2D eigenvalue weighted by Gasteiger charge is -2.18. The summed E-state index contributed by atoms with van der Waals surface area (Å²) in [6.07, 6.45) is 5.28. The van der Waals surface area contributed by atoms with E-state index >= 15 is 0 Å². The van der Waals surface area contributed by atoms with Crippen molar-refractivity contribution in [3.05, 3.63) is 20.8 Å². The first-order valence-corrected chi connectivity index (χ1v) is 6.11. The second-order valence-corrected chi connectivity index (χ2v) is 4.94. The van der Waals surface area contributed by atoms with Gasteiger partial charge in [0.05, 0.1) is 6.04 Å². The Labute approximate surface area is 112 Å². The minimum absolute atomic E-state index is 0.129. The monoisotopic (exact) mass is 264 g/mol. The molecule has 0 saturated heterocycles. The van der Waals surface area contributed by atoms with Crippen LogP contribution < -0.4 is 22.3 Å². The molecule has 1 rings (SSSR count). The number of nitrogen functional groups attached to an aromatic ring is 1. The van der Waals surface area contributed by atoms with E-state index in [1.165, 1.54) is 11.6 Å². The van der Waals surface area contributed by atoms with Gasteiger partial charge in [-0.2, -0.15) is 0 Å². The number of hydrogen-bond acceptors (Lipinski definition) is 4. The predicted molar refractivity (Wildman–Crippen MR) is 77.1 cm³/mol. The Morgan fingerprint density at radius 1 is 1.37 bits per heavy atom. The van der Waals surface area contributed by atoms with Gasteiger partial charge in [-0.25, -0.2) is 4.79 Å². The smallest absolute Gasteiger partial charge is 0.332 e. The molecule has 0 aliphatic heterocycles.